The summed E-state index contributed by atoms with van der Waals surface area (Å²) in [5, 5.41) is 0. The minimum absolute atomic E-state index is 0.282. The average Bonchev–Trinajstić information content (AvgIpc) is 2.50. The summed E-state index contributed by atoms with van der Waals surface area (Å²) < 4.78 is 35.1. The molecule has 0 saturated heterocycles. The summed E-state index contributed by atoms with van der Waals surface area (Å²) in [5.41, 5.74) is 1.42. The third-order valence-corrected chi connectivity index (χ3v) is 2.16. The zero-order valence-corrected chi connectivity index (χ0v) is 7.28. The van der Waals surface area contributed by atoms with Crippen LogP contribution in [0, 0.1) is 0 Å². The first-order valence-corrected chi connectivity index (χ1v) is 4.35. The van der Waals surface area contributed by atoms with E-state index in [4.69, 9.17) is 0 Å². The molecule has 0 spiro atoms. The molecule has 0 amide bonds. The number of rotatable bonds is 3. The van der Waals surface area contributed by atoms with Crippen LogP contribution in [0.25, 0.3) is 0 Å². The highest BCUT2D eigenvalue weighted by atomic mass is 32.1. The molecule has 0 aromatic carbocycles. The number of hydrogen-bond acceptors (Lipinski definition) is 3. The molecule has 6 heteroatoms. The number of Topliss-reactive ketones (excluding diaryl/α,β-unsaturated/α-hetero) is 1. The number of carbonyl (C=O) groups is 1. The molecule has 72 valence electrons. The van der Waals surface area contributed by atoms with Crippen molar-refractivity contribution >= 4 is 17.1 Å². The van der Waals surface area contributed by atoms with Crippen LogP contribution in [-0.2, 0) is 0 Å². The van der Waals surface area contributed by atoms with Gasteiger partial charge in [-0.1, -0.05) is 0 Å². The lowest BCUT2D eigenvalue weighted by Crippen LogP contribution is -2.10. The Morgan fingerprint density at radius 2 is 2.23 bits per heavy atom. The van der Waals surface area contributed by atoms with Crippen molar-refractivity contribution in [1.82, 2.24) is 4.98 Å². The Balaban J connectivity index is 2.44. The minimum Gasteiger partial charge on any atom is -0.293 e. The van der Waals surface area contributed by atoms with Crippen LogP contribution in [0.4, 0.5) is 13.2 Å². The Hall–Kier alpha value is -0.910. The van der Waals surface area contributed by atoms with Crippen molar-refractivity contribution in [3.05, 3.63) is 16.6 Å². The summed E-state index contributed by atoms with van der Waals surface area (Å²) in [6.45, 7) is 0. The summed E-state index contributed by atoms with van der Waals surface area (Å²) in [4.78, 5) is 14.9. The quantitative estimate of drug-likeness (QED) is 0.716. The molecule has 13 heavy (non-hydrogen) atoms. The molecule has 0 aliphatic rings. The second-order valence-electron chi connectivity index (χ2n) is 2.40. The number of alkyl halides is 3. The first kappa shape index (κ1) is 10.2. The van der Waals surface area contributed by atoms with Crippen molar-refractivity contribution in [1.29, 1.82) is 0 Å². The molecule has 0 radical (unpaired) electrons. The highest BCUT2D eigenvalue weighted by Gasteiger charge is 2.28. The van der Waals surface area contributed by atoms with Crippen LogP contribution in [-0.4, -0.2) is 16.9 Å². The maximum absolute atomic E-state index is 11.7. The third kappa shape index (κ3) is 3.54. The van der Waals surface area contributed by atoms with E-state index < -0.39 is 24.8 Å². The summed E-state index contributed by atoms with van der Waals surface area (Å²) in [7, 11) is 0. The van der Waals surface area contributed by atoms with Crippen molar-refractivity contribution in [2.45, 2.75) is 19.0 Å². The van der Waals surface area contributed by atoms with E-state index in [-0.39, 0.29) is 4.88 Å². The van der Waals surface area contributed by atoms with Gasteiger partial charge in [0.2, 0.25) is 0 Å². The van der Waals surface area contributed by atoms with Gasteiger partial charge >= 0.3 is 6.18 Å². The van der Waals surface area contributed by atoms with Crippen LogP contribution in [0.5, 0.6) is 0 Å². The van der Waals surface area contributed by atoms with E-state index in [1.54, 1.807) is 0 Å². The van der Waals surface area contributed by atoms with E-state index in [0.717, 1.165) is 11.3 Å². The van der Waals surface area contributed by atoms with Gasteiger partial charge in [0.15, 0.2) is 5.78 Å². The monoisotopic (exact) mass is 209 g/mol. The second-order valence-corrected chi connectivity index (χ2v) is 3.29. The maximum atomic E-state index is 11.7. The van der Waals surface area contributed by atoms with Crippen LogP contribution in [0.2, 0.25) is 0 Å². The fourth-order valence-corrected chi connectivity index (χ4v) is 1.32. The largest absolute Gasteiger partial charge is 0.389 e. The average molecular weight is 209 g/mol. The molecule has 0 saturated carbocycles. The van der Waals surface area contributed by atoms with Crippen LogP contribution < -0.4 is 0 Å². The van der Waals surface area contributed by atoms with Crippen molar-refractivity contribution in [3.8, 4) is 0 Å². The van der Waals surface area contributed by atoms with Gasteiger partial charge in [-0.25, -0.2) is 0 Å². The maximum Gasteiger partial charge on any atom is 0.389 e. The van der Waals surface area contributed by atoms with Gasteiger partial charge in [-0.05, 0) is 0 Å². The minimum atomic E-state index is -4.26. The van der Waals surface area contributed by atoms with E-state index in [1.807, 2.05) is 0 Å². The van der Waals surface area contributed by atoms with Crippen molar-refractivity contribution in [2.75, 3.05) is 0 Å². The lowest BCUT2D eigenvalue weighted by Gasteiger charge is -2.03. The number of aromatic nitrogens is 1. The molecule has 0 N–H and O–H groups in total. The van der Waals surface area contributed by atoms with Crippen LogP contribution >= 0.6 is 11.3 Å². The molecule has 1 rings (SSSR count). The second kappa shape index (κ2) is 3.87. The van der Waals surface area contributed by atoms with Gasteiger partial charge < -0.3 is 0 Å². The zero-order valence-electron chi connectivity index (χ0n) is 6.47. The van der Waals surface area contributed by atoms with Gasteiger partial charge in [0, 0.05) is 12.6 Å². The molecule has 0 aliphatic carbocycles. The molecule has 1 aromatic rings. The van der Waals surface area contributed by atoms with Crippen molar-refractivity contribution in [3.63, 3.8) is 0 Å². The molecule has 0 unspecified atom stereocenters. The first-order chi connectivity index (χ1) is 5.99. The molecule has 0 bridgehead atoms. The van der Waals surface area contributed by atoms with E-state index in [9.17, 15) is 18.0 Å². The molecule has 2 nitrogen and oxygen atoms in total. The molecule has 0 fully saturated rings. The highest BCUT2D eigenvalue weighted by molar-refractivity contribution is 7.11. The number of carbonyl (C=O) groups excluding carboxylic acids is 1. The topological polar surface area (TPSA) is 30.0 Å². The van der Waals surface area contributed by atoms with Gasteiger partial charge in [-0.3, -0.25) is 9.78 Å². The summed E-state index contributed by atoms with van der Waals surface area (Å²) in [5.74, 6) is -0.500. The van der Waals surface area contributed by atoms with E-state index in [2.05, 4.69) is 4.98 Å². The van der Waals surface area contributed by atoms with E-state index >= 15 is 0 Å². The fourth-order valence-electron chi connectivity index (χ4n) is 0.732. The number of nitrogens with zero attached hydrogens (tertiary/aromatic N) is 1. The van der Waals surface area contributed by atoms with E-state index in [1.165, 1.54) is 11.7 Å². The summed E-state index contributed by atoms with van der Waals surface area (Å²) in [6, 6.07) is 0. The lowest BCUT2D eigenvalue weighted by atomic mass is 10.2. The highest BCUT2D eigenvalue weighted by Crippen LogP contribution is 2.23. The van der Waals surface area contributed by atoms with Crippen LogP contribution in [0.1, 0.15) is 22.5 Å². The molecular weight excluding hydrogens is 203 g/mol. The van der Waals surface area contributed by atoms with Gasteiger partial charge in [-0.2, -0.15) is 13.2 Å². The van der Waals surface area contributed by atoms with Crippen molar-refractivity contribution < 1.29 is 18.0 Å². The first-order valence-electron chi connectivity index (χ1n) is 3.47. The Kier molecular flexibility index (Phi) is 3.02. The summed E-state index contributed by atoms with van der Waals surface area (Å²) >= 11 is 1.05. The zero-order chi connectivity index (χ0) is 9.90. The lowest BCUT2D eigenvalue weighted by molar-refractivity contribution is -0.133. The molecule has 1 heterocycles. The van der Waals surface area contributed by atoms with E-state index in [0.29, 0.717) is 0 Å². The number of thiazole rings is 1. The SMILES string of the molecule is O=C(CCC(F)(F)F)c1cncs1. The normalized spacial score (nSPS) is 11.6. The number of ketones is 1. The van der Waals surface area contributed by atoms with Gasteiger partial charge in [-0.15, -0.1) is 11.3 Å². The van der Waals surface area contributed by atoms with Gasteiger partial charge in [0.05, 0.1) is 16.8 Å². The van der Waals surface area contributed by atoms with Crippen molar-refractivity contribution in [2.24, 2.45) is 0 Å². The van der Waals surface area contributed by atoms with Crippen LogP contribution in [0.3, 0.4) is 0 Å². The van der Waals surface area contributed by atoms with Crippen LogP contribution in [0.15, 0.2) is 11.7 Å². The molecular formula is C7H6F3NOS. The standard InChI is InChI=1S/C7H6F3NOS/c8-7(9,10)2-1-5(12)6-3-11-4-13-6/h3-4H,1-2H2. The van der Waals surface area contributed by atoms with Gasteiger partial charge in [0.1, 0.15) is 0 Å². The molecule has 0 aliphatic heterocycles. The predicted octanol–water partition coefficient (Wildman–Crippen LogP) is 2.67. The Morgan fingerprint density at radius 3 is 2.69 bits per heavy atom. The van der Waals surface area contributed by atoms with Gasteiger partial charge in [0.25, 0.3) is 0 Å². The Labute approximate surface area is 76.4 Å². The fraction of sp³-hybridized carbons (Fsp3) is 0.429. The summed E-state index contributed by atoms with van der Waals surface area (Å²) in [6.07, 6.45) is -4.54. The Bertz CT molecular complexity index is 280. The molecule has 0 atom stereocenters. The third-order valence-electron chi connectivity index (χ3n) is 1.34. The molecule has 1 aromatic heterocycles. The Morgan fingerprint density at radius 1 is 1.54 bits per heavy atom. The number of halogens is 3. The number of hydrogen-bond donors (Lipinski definition) is 0. The smallest absolute Gasteiger partial charge is 0.293 e. The predicted molar refractivity (Wildman–Crippen MR) is 41.7 cm³/mol.